The number of hydrogen-bond acceptors (Lipinski definition) is 2. The summed E-state index contributed by atoms with van der Waals surface area (Å²) in [5.41, 5.74) is 2.31. The number of aryl methyl sites for hydroxylation is 1. The van der Waals surface area contributed by atoms with Crippen LogP contribution in [0.25, 0.3) is 0 Å². The predicted octanol–water partition coefficient (Wildman–Crippen LogP) is 2.89. The smallest absolute Gasteiger partial charge is 0.0793 e. The quantitative estimate of drug-likeness (QED) is 0.484. The molecule has 4 heteroatoms. The molecule has 1 unspecified atom stereocenters. The summed E-state index contributed by atoms with van der Waals surface area (Å²) in [6.07, 6.45) is 2.87. The second kappa shape index (κ2) is 5.84. The molecule has 0 amide bonds. The summed E-state index contributed by atoms with van der Waals surface area (Å²) in [6, 6.07) is 4.13. The van der Waals surface area contributed by atoms with E-state index in [1.54, 1.807) is 0 Å². The third-order valence-electron chi connectivity index (χ3n) is 1.52. The van der Waals surface area contributed by atoms with Gasteiger partial charge in [0, 0.05) is 11.9 Å². The lowest BCUT2D eigenvalue weighted by atomic mass is 10.2. The lowest BCUT2D eigenvalue weighted by Crippen LogP contribution is -1.93. The first-order chi connectivity index (χ1) is 5.83. The number of hydrogen-bond donors (Lipinski definition) is 0. The van der Waals surface area contributed by atoms with E-state index < -0.39 is 0 Å². The number of aromatic nitrogens is 1. The normalized spacial score (nSPS) is 11.2. The van der Waals surface area contributed by atoms with Gasteiger partial charge in [0.2, 0.25) is 0 Å². The van der Waals surface area contributed by atoms with E-state index in [1.807, 2.05) is 19.2 Å². The summed E-state index contributed by atoms with van der Waals surface area (Å²) >= 11 is 2.23. The van der Waals surface area contributed by atoms with E-state index >= 15 is 0 Å². The summed E-state index contributed by atoms with van der Waals surface area (Å²) in [5, 5.41) is 0. The van der Waals surface area contributed by atoms with Gasteiger partial charge < -0.3 is 4.52 Å². The van der Waals surface area contributed by atoms with Gasteiger partial charge in [-0.25, -0.2) is 0 Å². The SMILES string of the molecule is Cc1ccc(CCOPI)cn1. The number of rotatable bonds is 4. The van der Waals surface area contributed by atoms with Crippen LogP contribution in [-0.4, -0.2) is 11.6 Å². The molecule has 0 spiro atoms. The molecule has 1 aromatic rings. The van der Waals surface area contributed by atoms with E-state index in [0.717, 1.165) is 18.7 Å². The molecular formula is C8H11INOP. The fraction of sp³-hybridized carbons (Fsp3) is 0.375. The highest BCUT2D eigenvalue weighted by Crippen LogP contribution is 2.21. The van der Waals surface area contributed by atoms with E-state index in [0.29, 0.717) is 6.45 Å². The molecule has 0 aliphatic rings. The lowest BCUT2D eigenvalue weighted by Gasteiger charge is -2.00. The van der Waals surface area contributed by atoms with Gasteiger partial charge in [-0.1, -0.05) is 6.07 Å². The Morgan fingerprint density at radius 2 is 2.42 bits per heavy atom. The molecule has 1 atom stereocenters. The Bertz CT molecular complexity index is 227. The largest absolute Gasteiger partial charge is 0.351 e. The predicted molar refractivity (Wildman–Crippen MR) is 61.0 cm³/mol. The molecule has 0 aliphatic carbocycles. The van der Waals surface area contributed by atoms with Gasteiger partial charge in [0.15, 0.2) is 0 Å². The fourth-order valence-electron chi connectivity index (χ4n) is 0.854. The van der Waals surface area contributed by atoms with E-state index in [9.17, 15) is 0 Å². The number of nitrogens with zero attached hydrogens (tertiary/aromatic N) is 1. The van der Waals surface area contributed by atoms with Crippen LogP contribution >= 0.6 is 28.5 Å². The van der Waals surface area contributed by atoms with Crippen molar-refractivity contribution in [2.45, 2.75) is 13.3 Å². The first-order valence-corrected chi connectivity index (χ1v) is 7.74. The second-order valence-electron chi connectivity index (χ2n) is 2.48. The lowest BCUT2D eigenvalue weighted by molar-refractivity contribution is 0.376. The molecule has 1 aromatic heterocycles. The van der Waals surface area contributed by atoms with Crippen LogP contribution in [0.1, 0.15) is 11.3 Å². The zero-order valence-electron chi connectivity index (χ0n) is 6.88. The first-order valence-electron chi connectivity index (χ1n) is 3.72. The van der Waals surface area contributed by atoms with Gasteiger partial charge in [-0.05, 0) is 47.0 Å². The summed E-state index contributed by atoms with van der Waals surface area (Å²) in [4.78, 5) is 4.20. The van der Waals surface area contributed by atoms with Crippen LogP contribution in [0.15, 0.2) is 18.3 Å². The molecule has 0 saturated heterocycles. The number of halogens is 1. The van der Waals surface area contributed by atoms with Crippen LogP contribution in [0.3, 0.4) is 0 Å². The third kappa shape index (κ3) is 3.78. The van der Waals surface area contributed by atoms with Gasteiger partial charge in [0.1, 0.15) is 0 Å². The average molecular weight is 295 g/mol. The molecule has 1 heterocycles. The Balaban J connectivity index is 2.37. The van der Waals surface area contributed by atoms with Crippen molar-refractivity contribution in [1.29, 1.82) is 0 Å². The number of pyridine rings is 1. The van der Waals surface area contributed by atoms with Gasteiger partial charge in [0.25, 0.3) is 0 Å². The maximum absolute atomic E-state index is 5.25. The standard InChI is InChI=1S/C8H11INOP/c1-7-2-3-8(6-10-7)4-5-11-12-9/h2-3,6,12H,4-5H2,1H3. The molecule has 1 rings (SSSR count). The van der Waals surface area contributed by atoms with E-state index in [-0.39, 0.29) is 0 Å². The minimum atomic E-state index is 0.557. The van der Waals surface area contributed by atoms with Gasteiger partial charge >= 0.3 is 0 Å². The van der Waals surface area contributed by atoms with Crippen LogP contribution in [0.4, 0.5) is 0 Å². The van der Waals surface area contributed by atoms with Gasteiger partial charge in [-0.15, -0.1) is 0 Å². The van der Waals surface area contributed by atoms with E-state index in [1.165, 1.54) is 5.56 Å². The molecular weight excluding hydrogens is 284 g/mol. The zero-order valence-corrected chi connectivity index (χ0v) is 10.0. The van der Waals surface area contributed by atoms with Crippen molar-refractivity contribution in [3.05, 3.63) is 29.6 Å². The van der Waals surface area contributed by atoms with Crippen molar-refractivity contribution in [1.82, 2.24) is 4.98 Å². The van der Waals surface area contributed by atoms with Gasteiger partial charge in [-0.2, -0.15) is 0 Å². The molecule has 0 N–H and O–H groups in total. The highest BCUT2D eigenvalue weighted by molar-refractivity contribution is 14.2. The highest BCUT2D eigenvalue weighted by Gasteiger charge is 1.92. The Labute approximate surface area is 87.5 Å². The van der Waals surface area contributed by atoms with Crippen LogP contribution in [0, 0.1) is 6.92 Å². The maximum atomic E-state index is 5.25. The maximum Gasteiger partial charge on any atom is 0.0793 e. The van der Waals surface area contributed by atoms with Crippen LogP contribution in [0.5, 0.6) is 0 Å². The minimum Gasteiger partial charge on any atom is -0.351 e. The summed E-state index contributed by atoms with van der Waals surface area (Å²) in [5.74, 6) is 0. The topological polar surface area (TPSA) is 22.1 Å². The molecule has 0 aliphatic heterocycles. The second-order valence-corrected chi connectivity index (χ2v) is 4.25. The van der Waals surface area contributed by atoms with Crippen molar-refractivity contribution < 1.29 is 4.52 Å². The molecule has 0 aromatic carbocycles. The molecule has 0 fully saturated rings. The Kier molecular flexibility index (Phi) is 5.04. The van der Waals surface area contributed by atoms with Crippen LogP contribution in [0.2, 0.25) is 0 Å². The van der Waals surface area contributed by atoms with Crippen LogP contribution in [-0.2, 0) is 10.9 Å². The summed E-state index contributed by atoms with van der Waals surface area (Å²) in [6.45, 7) is 3.35. The monoisotopic (exact) mass is 295 g/mol. The molecule has 12 heavy (non-hydrogen) atoms. The Morgan fingerprint density at radius 3 is 3.00 bits per heavy atom. The van der Waals surface area contributed by atoms with Gasteiger partial charge in [-0.3, -0.25) is 4.98 Å². The van der Waals surface area contributed by atoms with Crippen molar-refractivity contribution in [2.75, 3.05) is 6.61 Å². The summed E-state index contributed by atoms with van der Waals surface area (Å²) < 4.78 is 5.25. The Hall–Kier alpha value is 0.270. The molecule has 0 radical (unpaired) electrons. The summed E-state index contributed by atoms with van der Waals surface area (Å²) in [7, 11) is 0. The zero-order chi connectivity index (χ0) is 8.81. The van der Waals surface area contributed by atoms with Crippen molar-refractivity contribution >= 4 is 28.5 Å². The van der Waals surface area contributed by atoms with E-state index in [4.69, 9.17) is 4.52 Å². The first kappa shape index (κ1) is 10.4. The van der Waals surface area contributed by atoms with Crippen molar-refractivity contribution in [2.24, 2.45) is 0 Å². The Morgan fingerprint density at radius 1 is 1.58 bits per heavy atom. The molecule has 2 nitrogen and oxygen atoms in total. The average Bonchev–Trinajstić information content (AvgIpc) is 2.09. The van der Waals surface area contributed by atoms with Crippen LogP contribution < -0.4 is 0 Å². The van der Waals surface area contributed by atoms with E-state index in [2.05, 4.69) is 33.1 Å². The van der Waals surface area contributed by atoms with Crippen molar-refractivity contribution in [3.8, 4) is 0 Å². The fourth-order valence-corrected chi connectivity index (χ4v) is 1.69. The molecule has 0 bridgehead atoms. The molecule has 66 valence electrons. The molecule has 0 saturated carbocycles. The minimum absolute atomic E-state index is 0.557. The van der Waals surface area contributed by atoms with Crippen molar-refractivity contribution in [3.63, 3.8) is 0 Å². The highest BCUT2D eigenvalue weighted by atomic mass is 127. The van der Waals surface area contributed by atoms with Gasteiger partial charge in [0.05, 0.1) is 13.1 Å². The third-order valence-corrected chi connectivity index (χ3v) is 2.77.